The molecule has 0 aromatic heterocycles. The average molecular weight is 317 g/mol. The highest BCUT2D eigenvalue weighted by Crippen LogP contribution is 2.44. The van der Waals surface area contributed by atoms with Crippen molar-refractivity contribution in [3.8, 4) is 0 Å². The van der Waals surface area contributed by atoms with E-state index in [2.05, 4.69) is 43.8 Å². The van der Waals surface area contributed by atoms with Crippen LogP contribution in [0.25, 0.3) is 0 Å². The van der Waals surface area contributed by atoms with Gasteiger partial charge in [-0.25, -0.2) is 0 Å². The lowest BCUT2D eigenvalue weighted by Gasteiger charge is -2.38. The van der Waals surface area contributed by atoms with Crippen LogP contribution in [0.15, 0.2) is 36.9 Å². The van der Waals surface area contributed by atoms with Crippen LogP contribution in [0.5, 0.6) is 0 Å². The lowest BCUT2D eigenvalue weighted by atomic mass is 9.68. The Morgan fingerprint density at radius 2 is 1.43 bits per heavy atom. The van der Waals surface area contributed by atoms with Crippen molar-refractivity contribution in [2.45, 2.75) is 78.1 Å². The van der Waals surface area contributed by atoms with Crippen LogP contribution in [0.1, 0.15) is 85.1 Å². The van der Waals surface area contributed by atoms with Gasteiger partial charge in [-0.05, 0) is 93.9 Å². The fourth-order valence-corrected chi connectivity index (χ4v) is 4.89. The van der Waals surface area contributed by atoms with Crippen molar-refractivity contribution in [2.75, 3.05) is 0 Å². The topological polar surface area (TPSA) is 0 Å². The standard InChI is InChI=1S/C22H32.CH4.2H2/c1-3-4-18-7-11-20(12-8-18)22-15-13-21(14-16-22)19-9-5-17(2)6-10-19;;;/h3,5-6,9-10,18,20-22H,1,4,7-8,11-16H2,2H3;1H4;2*1H. The molecule has 1 aromatic rings. The number of hydrogen-bond donors (Lipinski definition) is 0. The van der Waals surface area contributed by atoms with Crippen LogP contribution in [-0.2, 0) is 0 Å². The van der Waals surface area contributed by atoms with Gasteiger partial charge in [0.1, 0.15) is 0 Å². The molecule has 0 heteroatoms. The van der Waals surface area contributed by atoms with Crippen LogP contribution in [0.2, 0.25) is 0 Å². The highest BCUT2D eigenvalue weighted by Gasteiger charge is 2.30. The maximum absolute atomic E-state index is 3.91. The van der Waals surface area contributed by atoms with E-state index in [1.165, 1.54) is 63.4 Å². The normalized spacial score (nSPS) is 31.2. The van der Waals surface area contributed by atoms with E-state index in [4.69, 9.17) is 0 Å². The molecule has 0 saturated heterocycles. The zero-order valence-electron chi connectivity index (χ0n) is 14.3. The summed E-state index contributed by atoms with van der Waals surface area (Å²) in [6.45, 7) is 6.09. The van der Waals surface area contributed by atoms with Gasteiger partial charge in [0.05, 0.1) is 0 Å². The monoisotopic (exact) mass is 316 g/mol. The van der Waals surface area contributed by atoms with Crippen molar-refractivity contribution >= 4 is 0 Å². The predicted octanol–water partition coefficient (Wildman–Crippen LogP) is 7.78. The molecule has 0 unspecified atom stereocenters. The molecule has 2 fully saturated rings. The van der Waals surface area contributed by atoms with Crippen molar-refractivity contribution in [1.29, 1.82) is 0 Å². The molecule has 0 bridgehead atoms. The molecule has 0 amide bonds. The van der Waals surface area contributed by atoms with Crippen molar-refractivity contribution < 1.29 is 2.85 Å². The van der Waals surface area contributed by atoms with Gasteiger partial charge in [-0.2, -0.15) is 0 Å². The molecule has 0 atom stereocenters. The first-order valence-corrected chi connectivity index (χ1v) is 9.43. The molecule has 3 rings (SSSR count). The molecule has 2 saturated carbocycles. The van der Waals surface area contributed by atoms with Crippen LogP contribution in [0.4, 0.5) is 0 Å². The van der Waals surface area contributed by atoms with Crippen LogP contribution in [-0.4, -0.2) is 0 Å². The second kappa shape index (κ2) is 8.71. The second-order valence-electron chi connectivity index (χ2n) is 7.83. The molecule has 1 aromatic carbocycles. The quantitative estimate of drug-likeness (QED) is 0.497. The molecular formula is C23H40. The highest BCUT2D eigenvalue weighted by molar-refractivity contribution is 5.24. The van der Waals surface area contributed by atoms with E-state index in [1.807, 2.05) is 0 Å². The molecule has 132 valence electrons. The van der Waals surface area contributed by atoms with E-state index in [1.54, 1.807) is 5.56 Å². The summed E-state index contributed by atoms with van der Waals surface area (Å²) in [6, 6.07) is 9.28. The number of allylic oxidation sites excluding steroid dienone is 1. The summed E-state index contributed by atoms with van der Waals surface area (Å²) >= 11 is 0. The summed E-state index contributed by atoms with van der Waals surface area (Å²) in [5.74, 6) is 3.82. The number of hydrogen-bond acceptors (Lipinski definition) is 0. The first-order chi connectivity index (χ1) is 10.8. The first kappa shape index (κ1) is 18.3. The summed E-state index contributed by atoms with van der Waals surface area (Å²) in [7, 11) is 0. The van der Waals surface area contributed by atoms with Gasteiger partial charge >= 0.3 is 0 Å². The third-order valence-corrected chi connectivity index (χ3v) is 6.38. The Balaban J connectivity index is 0.00000192. The lowest BCUT2D eigenvalue weighted by molar-refractivity contribution is 0.160. The molecule has 0 N–H and O–H groups in total. The van der Waals surface area contributed by atoms with Gasteiger partial charge in [0.2, 0.25) is 0 Å². The smallest absolute Gasteiger partial charge is 0 e. The fraction of sp³-hybridized carbons (Fsp3) is 0.652. The van der Waals surface area contributed by atoms with Crippen LogP contribution < -0.4 is 0 Å². The maximum atomic E-state index is 3.91. The van der Waals surface area contributed by atoms with Gasteiger partial charge in [-0.15, -0.1) is 6.58 Å². The minimum atomic E-state index is 0. The van der Waals surface area contributed by atoms with Gasteiger partial charge < -0.3 is 0 Å². The van der Waals surface area contributed by atoms with E-state index in [0.29, 0.717) is 0 Å². The molecule has 2 aliphatic rings. The van der Waals surface area contributed by atoms with E-state index in [-0.39, 0.29) is 10.3 Å². The van der Waals surface area contributed by atoms with Gasteiger partial charge in [0, 0.05) is 2.85 Å². The van der Waals surface area contributed by atoms with E-state index >= 15 is 0 Å². The SMILES string of the molecule is C.C=CCC1CCC(C2CCC(c3ccc(C)cc3)CC2)CC1.[HH].[HH]. The Morgan fingerprint density at radius 3 is 1.96 bits per heavy atom. The molecule has 23 heavy (non-hydrogen) atoms. The van der Waals surface area contributed by atoms with E-state index < -0.39 is 0 Å². The molecule has 2 aliphatic carbocycles. The van der Waals surface area contributed by atoms with E-state index in [9.17, 15) is 0 Å². The zero-order valence-corrected chi connectivity index (χ0v) is 14.3. The molecule has 0 nitrogen and oxygen atoms in total. The summed E-state index contributed by atoms with van der Waals surface area (Å²) in [5.41, 5.74) is 2.97. The third kappa shape index (κ3) is 4.72. The Labute approximate surface area is 147 Å². The largest absolute Gasteiger partial charge is 0.103 e. The molecule has 0 aliphatic heterocycles. The van der Waals surface area contributed by atoms with Crippen LogP contribution in [0.3, 0.4) is 0 Å². The van der Waals surface area contributed by atoms with Crippen molar-refractivity contribution in [3.63, 3.8) is 0 Å². The highest BCUT2D eigenvalue weighted by atomic mass is 14.4. The maximum Gasteiger partial charge on any atom is 0 e. The summed E-state index contributed by atoms with van der Waals surface area (Å²) < 4.78 is 0. The second-order valence-corrected chi connectivity index (χ2v) is 7.83. The Kier molecular flexibility index (Phi) is 6.93. The summed E-state index contributed by atoms with van der Waals surface area (Å²) in [4.78, 5) is 0. The summed E-state index contributed by atoms with van der Waals surface area (Å²) in [6.07, 6.45) is 15.0. The predicted molar refractivity (Wildman–Crippen MR) is 107 cm³/mol. The van der Waals surface area contributed by atoms with E-state index in [0.717, 1.165) is 23.7 Å². The molecule has 0 radical (unpaired) electrons. The van der Waals surface area contributed by atoms with Crippen LogP contribution in [0, 0.1) is 24.7 Å². The van der Waals surface area contributed by atoms with Crippen molar-refractivity contribution in [2.24, 2.45) is 17.8 Å². The van der Waals surface area contributed by atoms with Gasteiger partial charge in [0.25, 0.3) is 0 Å². The Bertz CT molecular complexity index is 463. The lowest BCUT2D eigenvalue weighted by Crippen LogP contribution is -2.25. The number of aryl methyl sites for hydroxylation is 1. The van der Waals surface area contributed by atoms with Crippen molar-refractivity contribution in [3.05, 3.63) is 48.0 Å². The molecule has 0 spiro atoms. The van der Waals surface area contributed by atoms with Gasteiger partial charge in [-0.3, -0.25) is 0 Å². The van der Waals surface area contributed by atoms with Crippen LogP contribution >= 0.6 is 0 Å². The Hall–Kier alpha value is -1.04. The third-order valence-electron chi connectivity index (χ3n) is 6.38. The minimum absolute atomic E-state index is 0. The van der Waals surface area contributed by atoms with Crippen molar-refractivity contribution in [1.82, 2.24) is 0 Å². The number of benzene rings is 1. The minimum Gasteiger partial charge on any atom is -0.103 e. The first-order valence-electron chi connectivity index (χ1n) is 9.43. The fourth-order valence-electron chi connectivity index (χ4n) is 4.89. The summed E-state index contributed by atoms with van der Waals surface area (Å²) in [5, 5.41) is 0. The number of rotatable bonds is 4. The van der Waals surface area contributed by atoms with Gasteiger partial charge in [-0.1, -0.05) is 43.3 Å². The molecular weight excluding hydrogens is 276 g/mol. The average Bonchev–Trinajstić information content (AvgIpc) is 2.57. The zero-order chi connectivity index (χ0) is 15.4. The molecule has 0 heterocycles. The Morgan fingerprint density at radius 1 is 0.913 bits per heavy atom. The van der Waals surface area contributed by atoms with Gasteiger partial charge in [0.15, 0.2) is 0 Å².